The van der Waals surface area contributed by atoms with Crippen LogP contribution in [0.25, 0.3) is 0 Å². The van der Waals surface area contributed by atoms with E-state index in [0.717, 1.165) is 61.6 Å². The van der Waals surface area contributed by atoms with E-state index in [2.05, 4.69) is 10.1 Å². The van der Waals surface area contributed by atoms with Gasteiger partial charge in [-0.25, -0.2) is 0 Å². The molecule has 1 aromatic heterocycles. The van der Waals surface area contributed by atoms with Crippen molar-refractivity contribution in [3.63, 3.8) is 0 Å². The van der Waals surface area contributed by atoms with Crippen molar-refractivity contribution < 1.29 is 23.6 Å². The molecular weight excluding hydrogens is 388 g/mol. The Hall–Kier alpha value is -2.29. The molecule has 3 saturated heterocycles. The number of amides is 3. The van der Waals surface area contributed by atoms with Crippen LogP contribution >= 0.6 is 0 Å². The van der Waals surface area contributed by atoms with Crippen molar-refractivity contribution in [2.45, 2.75) is 69.3 Å². The zero-order valence-electron chi connectivity index (χ0n) is 17.2. The third kappa shape index (κ3) is 3.99. The Morgan fingerprint density at radius 1 is 1.10 bits per heavy atom. The van der Waals surface area contributed by atoms with Crippen LogP contribution < -0.4 is 0 Å². The predicted octanol–water partition coefficient (Wildman–Crippen LogP) is 1.43. The molecule has 1 saturated carbocycles. The van der Waals surface area contributed by atoms with Crippen molar-refractivity contribution in [1.82, 2.24) is 19.9 Å². The van der Waals surface area contributed by atoms with Crippen LogP contribution in [0.1, 0.15) is 69.0 Å². The fourth-order valence-corrected chi connectivity index (χ4v) is 4.96. The predicted molar refractivity (Wildman–Crippen MR) is 103 cm³/mol. The van der Waals surface area contributed by atoms with Crippen molar-refractivity contribution in [2.75, 3.05) is 26.2 Å². The molecule has 9 heteroatoms. The molecule has 4 aliphatic rings. The van der Waals surface area contributed by atoms with E-state index in [0.29, 0.717) is 31.5 Å². The molecule has 1 spiro atoms. The summed E-state index contributed by atoms with van der Waals surface area (Å²) in [6.45, 7) is 1.76. The number of ether oxygens (including phenoxy) is 1. The topological polar surface area (TPSA) is 106 Å². The summed E-state index contributed by atoms with van der Waals surface area (Å²) in [4.78, 5) is 43.6. The molecule has 1 aliphatic carbocycles. The number of nitrogens with zero attached hydrogens (tertiary/aromatic N) is 4. The standard InChI is InChI=1S/C21H28N4O5/c26-17-3-4-18(27)25(17)13-19(28)24-8-6-21(7-9-24)12-14(5-10-29-21)11-16-22-20(23-30-16)15-1-2-15/h14-15H,1-13H2. The molecule has 4 fully saturated rings. The van der Waals surface area contributed by atoms with Crippen LogP contribution in [-0.2, 0) is 25.5 Å². The summed E-state index contributed by atoms with van der Waals surface area (Å²) in [5, 5.41) is 4.12. The lowest BCUT2D eigenvalue weighted by Gasteiger charge is -2.46. The largest absolute Gasteiger partial charge is 0.375 e. The summed E-state index contributed by atoms with van der Waals surface area (Å²) in [5.41, 5.74) is -0.210. The molecule has 3 amide bonds. The minimum absolute atomic E-state index is 0.130. The molecule has 0 radical (unpaired) electrons. The lowest BCUT2D eigenvalue weighted by Crippen LogP contribution is -2.52. The Balaban J connectivity index is 1.14. The smallest absolute Gasteiger partial charge is 0.242 e. The highest BCUT2D eigenvalue weighted by Gasteiger charge is 2.42. The average Bonchev–Trinajstić information content (AvgIpc) is 3.41. The SMILES string of the molecule is O=C(CN1C(=O)CCC1=O)N1CCC2(CC1)CC(Cc1nc(C3CC3)no1)CCO2. The van der Waals surface area contributed by atoms with E-state index in [1.54, 1.807) is 4.90 Å². The second kappa shape index (κ2) is 7.76. The van der Waals surface area contributed by atoms with Crippen molar-refractivity contribution in [2.24, 2.45) is 5.92 Å². The molecule has 3 aliphatic heterocycles. The van der Waals surface area contributed by atoms with Gasteiger partial charge in [-0.2, -0.15) is 4.98 Å². The molecule has 9 nitrogen and oxygen atoms in total. The summed E-state index contributed by atoms with van der Waals surface area (Å²) in [5.74, 6) is 1.88. The van der Waals surface area contributed by atoms with E-state index in [4.69, 9.17) is 9.26 Å². The highest BCUT2D eigenvalue weighted by Crippen LogP contribution is 2.40. The molecule has 0 bridgehead atoms. The number of carbonyl (C=O) groups excluding carboxylic acids is 3. The van der Waals surface area contributed by atoms with Gasteiger partial charge in [0, 0.05) is 44.9 Å². The van der Waals surface area contributed by atoms with E-state index in [9.17, 15) is 14.4 Å². The monoisotopic (exact) mass is 416 g/mol. The fourth-order valence-electron chi connectivity index (χ4n) is 4.96. The van der Waals surface area contributed by atoms with Crippen LogP contribution in [0.5, 0.6) is 0 Å². The van der Waals surface area contributed by atoms with Crippen molar-refractivity contribution in [3.05, 3.63) is 11.7 Å². The third-order valence-electron chi connectivity index (χ3n) is 6.96. The summed E-state index contributed by atoms with van der Waals surface area (Å²) < 4.78 is 11.7. The summed E-state index contributed by atoms with van der Waals surface area (Å²) in [6.07, 6.45) is 6.99. The van der Waals surface area contributed by atoms with Crippen LogP contribution in [-0.4, -0.2) is 69.5 Å². The first-order valence-electron chi connectivity index (χ1n) is 11.1. The Morgan fingerprint density at radius 3 is 2.53 bits per heavy atom. The van der Waals surface area contributed by atoms with Gasteiger partial charge in [-0.3, -0.25) is 19.3 Å². The second-order valence-electron chi connectivity index (χ2n) is 9.17. The Labute approximate surface area is 175 Å². The number of hydrogen-bond donors (Lipinski definition) is 0. The Morgan fingerprint density at radius 2 is 1.83 bits per heavy atom. The molecule has 162 valence electrons. The number of rotatable bonds is 5. The first kappa shape index (κ1) is 19.7. The van der Waals surface area contributed by atoms with E-state index in [1.165, 1.54) is 0 Å². The zero-order valence-corrected chi connectivity index (χ0v) is 17.2. The van der Waals surface area contributed by atoms with E-state index in [1.807, 2.05) is 0 Å². The number of carbonyl (C=O) groups is 3. The van der Waals surface area contributed by atoms with Gasteiger partial charge in [-0.05, 0) is 44.4 Å². The van der Waals surface area contributed by atoms with Crippen molar-refractivity contribution >= 4 is 17.7 Å². The highest BCUT2D eigenvalue weighted by molar-refractivity contribution is 6.04. The van der Waals surface area contributed by atoms with Crippen LogP contribution in [0.3, 0.4) is 0 Å². The van der Waals surface area contributed by atoms with Gasteiger partial charge < -0.3 is 14.2 Å². The van der Waals surface area contributed by atoms with E-state index >= 15 is 0 Å². The second-order valence-corrected chi connectivity index (χ2v) is 9.17. The van der Waals surface area contributed by atoms with Gasteiger partial charge in [0.05, 0.1) is 5.60 Å². The molecule has 30 heavy (non-hydrogen) atoms. The lowest BCUT2D eigenvalue weighted by atomic mass is 9.78. The molecule has 1 unspecified atom stereocenters. The van der Waals surface area contributed by atoms with Gasteiger partial charge in [-0.1, -0.05) is 5.16 Å². The van der Waals surface area contributed by atoms with Gasteiger partial charge in [-0.15, -0.1) is 0 Å². The third-order valence-corrected chi connectivity index (χ3v) is 6.96. The van der Waals surface area contributed by atoms with Gasteiger partial charge in [0.25, 0.3) is 0 Å². The maximum Gasteiger partial charge on any atom is 0.242 e. The molecule has 0 aromatic carbocycles. The van der Waals surface area contributed by atoms with Gasteiger partial charge >= 0.3 is 0 Å². The van der Waals surface area contributed by atoms with E-state index < -0.39 is 0 Å². The maximum absolute atomic E-state index is 12.6. The van der Waals surface area contributed by atoms with Crippen molar-refractivity contribution in [3.8, 4) is 0 Å². The Kier molecular flexibility index (Phi) is 5.08. The number of piperidine rings is 1. The number of likely N-dealkylation sites (tertiary alicyclic amines) is 2. The molecule has 4 heterocycles. The quantitative estimate of drug-likeness (QED) is 0.669. The number of aromatic nitrogens is 2. The van der Waals surface area contributed by atoms with Gasteiger partial charge in [0.1, 0.15) is 6.54 Å². The van der Waals surface area contributed by atoms with Crippen molar-refractivity contribution in [1.29, 1.82) is 0 Å². The van der Waals surface area contributed by atoms with Crippen LogP contribution in [0.4, 0.5) is 0 Å². The van der Waals surface area contributed by atoms with Gasteiger partial charge in [0.15, 0.2) is 5.82 Å². The molecule has 1 aromatic rings. The van der Waals surface area contributed by atoms with Crippen LogP contribution in [0, 0.1) is 5.92 Å². The molecule has 5 rings (SSSR count). The summed E-state index contributed by atoms with van der Waals surface area (Å²) in [6, 6.07) is 0. The summed E-state index contributed by atoms with van der Waals surface area (Å²) in [7, 11) is 0. The maximum atomic E-state index is 12.6. The first-order chi connectivity index (χ1) is 14.5. The van der Waals surface area contributed by atoms with Crippen LogP contribution in [0.2, 0.25) is 0 Å². The number of imide groups is 1. The lowest BCUT2D eigenvalue weighted by molar-refractivity contribution is -0.153. The normalized spacial score (nSPS) is 26.6. The molecule has 1 atom stereocenters. The summed E-state index contributed by atoms with van der Waals surface area (Å²) >= 11 is 0. The highest BCUT2D eigenvalue weighted by atomic mass is 16.5. The molecular formula is C21H28N4O5. The average molecular weight is 416 g/mol. The minimum Gasteiger partial charge on any atom is -0.375 e. The first-order valence-corrected chi connectivity index (χ1v) is 11.1. The minimum atomic E-state index is -0.244. The molecule has 0 N–H and O–H groups in total. The Bertz CT molecular complexity index is 824. The zero-order chi connectivity index (χ0) is 20.7. The van der Waals surface area contributed by atoms with Gasteiger partial charge in [0.2, 0.25) is 23.6 Å². The number of hydrogen-bond acceptors (Lipinski definition) is 7. The van der Waals surface area contributed by atoms with Crippen LogP contribution in [0.15, 0.2) is 4.52 Å². The fraction of sp³-hybridized carbons (Fsp3) is 0.762. The van der Waals surface area contributed by atoms with E-state index in [-0.39, 0.29) is 42.7 Å².